The highest BCUT2D eigenvalue weighted by atomic mass is 16.7. The summed E-state index contributed by atoms with van der Waals surface area (Å²) in [7, 11) is 0. The molecule has 0 aliphatic carbocycles. The minimum absolute atomic E-state index is 0.107. The third-order valence-electron chi connectivity index (χ3n) is 13.4. The number of ether oxygens (including phenoxy) is 4. The molecule has 6 atom stereocenters. The molecule has 0 aromatic heterocycles. The Kier molecular flexibility index (Phi) is 45.7. The molecule has 9 heteroatoms. The van der Waals surface area contributed by atoms with Gasteiger partial charge in [0.1, 0.15) is 30.5 Å². The van der Waals surface area contributed by atoms with Crippen molar-refractivity contribution in [3.8, 4) is 0 Å². The number of aliphatic hydroxyl groups is 4. The van der Waals surface area contributed by atoms with E-state index in [0.29, 0.717) is 13.0 Å². The van der Waals surface area contributed by atoms with Gasteiger partial charge in [-0.3, -0.25) is 4.79 Å². The Morgan fingerprint density at radius 2 is 0.846 bits per heavy atom. The molecule has 0 aromatic carbocycles. The van der Waals surface area contributed by atoms with Crippen molar-refractivity contribution >= 4 is 5.97 Å². The Morgan fingerprint density at radius 1 is 0.477 bits per heavy atom. The van der Waals surface area contributed by atoms with Crippen LogP contribution >= 0.6 is 0 Å². The molecule has 1 aliphatic heterocycles. The molecule has 1 fully saturated rings. The van der Waals surface area contributed by atoms with Crippen LogP contribution in [0.25, 0.3) is 0 Å². The number of allylic oxidation sites excluding steroid dienone is 2. The molecule has 386 valence electrons. The Bertz CT molecular complexity index is 1010. The predicted molar refractivity (Wildman–Crippen MR) is 270 cm³/mol. The molecule has 1 heterocycles. The summed E-state index contributed by atoms with van der Waals surface area (Å²) >= 11 is 0. The summed E-state index contributed by atoms with van der Waals surface area (Å²) in [5.74, 6) is -0.306. The van der Waals surface area contributed by atoms with Gasteiger partial charge in [-0.2, -0.15) is 0 Å². The van der Waals surface area contributed by atoms with Crippen LogP contribution in [0.2, 0.25) is 0 Å². The van der Waals surface area contributed by atoms with Gasteiger partial charge in [0.15, 0.2) is 6.29 Å². The Balaban J connectivity index is 2.13. The lowest BCUT2D eigenvalue weighted by atomic mass is 9.99. The average Bonchev–Trinajstić information content (AvgIpc) is 3.31. The molecule has 0 amide bonds. The van der Waals surface area contributed by atoms with Crippen LogP contribution in [0.1, 0.15) is 277 Å². The third-order valence-corrected chi connectivity index (χ3v) is 13.4. The topological polar surface area (TPSA) is 135 Å². The summed E-state index contributed by atoms with van der Waals surface area (Å²) in [5, 5.41) is 40.3. The Morgan fingerprint density at radius 3 is 1.25 bits per heavy atom. The van der Waals surface area contributed by atoms with Crippen LogP contribution in [-0.4, -0.2) is 89.6 Å². The van der Waals surface area contributed by atoms with E-state index >= 15 is 0 Å². The van der Waals surface area contributed by atoms with Crippen LogP contribution in [0.15, 0.2) is 12.2 Å². The third kappa shape index (κ3) is 38.5. The van der Waals surface area contributed by atoms with E-state index in [1.54, 1.807) is 0 Å². The molecule has 9 nitrogen and oxygen atoms in total. The van der Waals surface area contributed by atoms with Gasteiger partial charge in [-0.15, -0.1) is 0 Å². The average molecular weight is 925 g/mol. The number of hydrogen-bond donors (Lipinski definition) is 4. The molecule has 6 unspecified atom stereocenters. The molecule has 0 saturated carbocycles. The fourth-order valence-corrected chi connectivity index (χ4v) is 9.02. The van der Waals surface area contributed by atoms with Gasteiger partial charge < -0.3 is 39.4 Å². The quantitative estimate of drug-likeness (QED) is 0.0267. The molecule has 1 rings (SSSR count). The minimum atomic E-state index is -1.53. The largest absolute Gasteiger partial charge is 0.457 e. The lowest BCUT2D eigenvalue weighted by Crippen LogP contribution is -2.59. The first kappa shape index (κ1) is 61.9. The zero-order valence-corrected chi connectivity index (χ0v) is 42.8. The van der Waals surface area contributed by atoms with Gasteiger partial charge in [-0.05, 0) is 38.5 Å². The lowest BCUT2D eigenvalue weighted by Gasteiger charge is -2.39. The van der Waals surface area contributed by atoms with Crippen molar-refractivity contribution in [1.29, 1.82) is 0 Å². The van der Waals surface area contributed by atoms with Gasteiger partial charge in [0.05, 0.1) is 19.8 Å². The van der Waals surface area contributed by atoms with Gasteiger partial charge >= 0.3 is 5.97 Å². The maximum atomic E-state index is 12.9. The van der Waals surface area contributed by atoms with E-state index in [1.165, 1.54) is 225 Å². The van der Waals surface area contributed by atoms with E-state index in [4.69, 9.17) is 18.9 Å². The standard InChI is InChI=1S/C56H108O9/c1-3-5-7-9-11-13-15-17-19-21-22-23-24-25-26-27-28-29-31-33-35-37-39-41-43-45-52(58)64-50(49-63-56-55(61)54(60)53(59)51(47-57)65-56)48-62-46-44-42-40-38-36-34-32-30-20-18-16-14-12-10-8-6-4-2/h21-22,50-51,53-57,59-61H,3-20,23-49H2,1-2H3/b22-21-. The highest BCUT2D eigenvalue weighted by molar-refractivity contribution is 5.69. The summed E-state index contributed by atoms with van der Waals surface area (Å²) in [5.41, 5.74) is 0. The molecule has 0 radical (unpaired) electrons. The van der Waals surface area contributed by atoms with Crippen molar-refractivity contribution in [2.45, 2.75) is 314 Å². The predicted octanol–water partition coefficient (Wildman–Crippen LogP) is 14.3. The first-order chi connectivity index (χ1) is 31.9. The fourth-order valence-electron chi connectivity index (χ4n) is 9.02. The Hall–Kier alpha value is -1.07. The summed E-state index contributed by atoms with van der Waals surface area (Å²) in [6.07, 6.45) is 49.7. The first-order valence-electron chi connectivity index (χ1n) is 28.3. The molecular weight excluding hydrogens is 817 g/mol. The number of rotatable bonds is 50. The van der Waals surface area contributed by atoms with E-state index in [9.17, 15) is 25.2 Å². The summed E-state index contributed by atoms with van der Waals surface area (Å²) in [6.45, 7) is 4.63. The molecule has 0 spiro atoms. The minimum Gasteiger partial charge on any atom is -0.457 e. The van der Waals surface area contributed by atoms with Crippen molar-refractivity contribution in [1.82, 2.24) is 0 Å². The van der Waals surface area contributed by atoms with Crippen LogP contribution in [0, 0.1) is 0 Å². The van der Waals surface area contributed by atoms with Crippen LogP contribution in [0.3, 0.4) is 0 Å². The van der Waals surface area contributed by atoms with Crippen LogP contribution in [0.5, 0.6) is 0 Å². The maximum Gasteiger partial charge on any atom is 0.306 e. The second-order valence-electron chi connectivity index (χ2n) is 19.7. The van der Waals surface area contributed by atoms with Crippen LogP contribution in [0.4, 0.5) is 0 Å². The molecule has 4 N–H and O–H groups in total. The fraction of sp³-hybridized carbons (Fsp3) is 0.946. The molecular formula is C56H108O9. The van der Waals surface area contributed by atoms with Crippen LogP contribution in [-0.2, 0) is 23.7 Å². The van der Waals surface area contributed by atoms with E-state index < -0.39 is 43.4 Å². The normalized spacial score (nSPS) is 19.4. The summed E-state index contributed by atoms with van der Waals surface area (Å²) < 4.78 is 23.0. The van der Waals surface area contributed by atoms with E-state index in [1.807, 2.05) is 0 Å². The van der Waals surface area contributed by atoms with Gasteiger partial charge in [0, 0.05) is 13.0 Å². The van der Waals surface area contributed by atoms with Gasteiger partial charge in [-0.25, -0.2) is 0 Å². The van der Waals surface area contributed by atoms with Gasteiger partial charge in [-0.1, -0.05) is 244 Å². The lowest BCUT2D eigenvalue weighted by molar-refractivity contribution is -0.305. The van der Waals surface area contributed by atoms with Crippen molar-refractivity contribution in [2.75, 3.05) is 26.4 Å². The molecule has 1 saturated heterocycles. The van der Waals surface area contributed by atoms with Crippen molar-refractivity contribution in [3.63, 3.8) is 0 Å². The monoisotopic (exact) mass is 925 g/mol. The highest BCUT2D eigenvalue weighted by Crippen LogP contribution is 2.23. The zero-order chi connectivity index (χ0) is 47.1. The van der Waals surface area contributed by atoms with Crippen molar-refractivity contribution < 1.29 is 44.2 Å². The maximum absolute atomic E-state index is 12.9. The zero-order valence-electron chi connectivity index (χ0n) is 42.8. The number of unbranched alkanes of at least 4 members (excludes halogenated alkanes) is 37. The van der Waals surface area contributed by atoms with Crippen molar-refractivity contribution in [3.05, 3.63) is 12.2 Å². The molecule has 0 aromatic rings. The SMILES string of the molecule is CCCCCCCCCC/C=C\CCCCCCCCCCCCCCCC(=O)OC(COCCCCCCCCCCCCCCCCCCC)COC1OC(CO)C(O)C(O)C1O. The first-order valence-corrected chi connectivity index (χ1v) is 28.3. The highest BCUT2D eigenvalue weighted by Gasteiger charge is 2.44. The number of aliphatic hydroxyl groups excluding tert-OH is 4. The number of esters is 1. The van der Waals surface area contributed by atoms with Gasteiger partial charge in [0.2, 0.25) is 0 Å². The number of hydrogen-bond acceptors (Lipinski definition) is 9. The second kappa shape index (κ2) is 48.0. The molecule has 65 heavy (non-hydrogen) atoms. The molecule has 1 aliphatic rings. The van der Waals surface area contributed by atoms with E-state index in [2.05, 4.69) is 26.0 Å². The summed E-state index contributed by atoms with van der Waals surface area (Å²) in [4.78, 5) is 12.9. The number of carbonyl (C=O) groups excluding carboxylic acids is 1. The Labute approximate surface area is 401 Å². The van der Waals surface area contributed by atoms with E-state index in [0.717, 1.165) is 32.1 Å². The van der Waals surface area contributed by atoms with E-state index in [-0.39, 0.29) is 19.2 Å². The second-order valence-corrected chi connectivity index (χ2v) is 19.7. The summed E-state index contributed by atoms with van der Waals surface area (Å²) in [6, 6.07) is 0. The molecule has 0 bridgehead atoms. The smallest absolute Gasteiger partial charge is 0.306 e. The number of carbonyl (C=O) groups is 1. The van der Waals surface area contributed by atoms with Crippen LogP contribution < -0.4 is 0 Å². The van der Waals surface area contributed by atoms with Crippen molar-refractivity contribution in [2.24, 2.45) is 0 Å². The van der Waals surface area contributed by atoms with Gasteiger partial charge in [0.25, 0.3) is 0 Å².